The third-order valence-electron chi connectivity index (χ3n) is 3.20. The molecule has 6 nitrogen and oxygen atoms in total. The Labute approximate surface area is 167 Å². The summed E-state index contributed by atoms with van der Waals surface area (Å²) in [5.74, 6) is 4.94. The van der Waals surface area contributed by atoms with Crippen molar-refractivity contribution in [1.82, 2.24) is 0 Å². The van der Waals surface area contributed by atoms with Gasteiger partial charge in [0.1, 0.15) is 5.70 Å². The molecule has 0 aliphatic rings. The Bertz CT molecular complexity index is 902. The van der Waals surface area contributed by atoms with Crippen LogP contribution in [0.5, 0.6) is 0 Å². The highest BCUT2D eigenvalue weighted by Gasteiger charge is 2.29. The van der Waals surface area contributed by atoms with Gasteiger partial charge < -0.3 is 10.5 Å². The number of rotatable bonds is 5. The van der Waals surface area contributed by atoms with Gasteiger partial charge in [0.15, 0.2) is 0 Å². The van der Waals surface area contributed by atoms with E-state index in [1.807, 2.05) is 0 Å². The van der Waals surface area contributed by atoms with Gasteiger partial charge in [-0.1, -0.05) is 17.7 Å². The van der Waals surface area contributed by atoms with Crippen molar-refractivity contribution in [1.29, 1.82) is 10.8 Å². The predicted molar refractivity (Wildman–Crippen MR) is 104 cm³/mol. The molecule has 2 aromatic carbocycles. The number of halogens is 4. The van der Waals surface area contributed by atoms with Crippen LogP contribution in [0, 0.1) is 10.8 Å². The number of ether oxygens (including phenoxy) is 1. The monoisotopic (exact) mass is 429 g/mol. The molecule has 0 aliphatic carbocycles. The number of thioether (sulfide) groups is 1. The molecule has 0 saturated heterocycles. The molecule has 0 bridgehead atoms. The van der Waals surface area contributed by atoms with E-state index in [0.717, 1.165) is 11.2 Å². The summed E-state index contributed by atoms with van der Waals surface area (Å²) in [4.78, 5) is 0.00708. The van der Waals surface area contributed by atoms with Crippen LogP contribution < -0.4 is 16.6 Å². The summed E-state index contributed by atoms with van der Waals surface area (Å²) in [5.41, 5.74) is 1.86. The fourth-order valence-corrected chi connectivity index (χ4v) is 2.68. The molecule has 0 unspecified atom stereocenters. The van der Waals surface area contributed by atoms with Crippen LogP contribution in [0.4, 0.5) is 18.9 Å². The Morgan fingerprint density at radius 2 is 1.79 bits per heavy atom. The molecule has 28 heavy (non-hydrogen) atoms. The second-order valence-electron chi connectivity index (χ2n) is 5.30. The number of nitrogens with zero attached hydrogens (tertiary/aromatic N) is 1. The van der Waals surface area contributed by atoms with E-state index in [0.29, 0.717) is 16.3 Å². The Kier molecular flexibility index (Phi) is 6.95. The molecular formula is C17H15ClF3N5OS. The van der Waals surface area contributed by atoms with Gasteiger partial charge in [-0.15, -0.1) is 0 Å². The molecule has 148 valence electrons. The van der Waals surface area contributed by atoms with E-state index in [9.17, 15) is 13.2 Å². The van der Waals surface area contributed by atoms with E-state index in [-0.39, 0.29) is 28.3 Å². The van der Waals surface area contributed by atoms with Crippen molar-refractivity contribution in [3.05, 3.63) is 71.0 Å². The fraction of sp³-hybridized carbons (Fsp3) is 0.0588. The summed E-state index contributed by atoms with van der Waals surface area (Å²) in [6, 6.07) is 11.6. The number of anilines is 1. The zero-order chi connectivity index (χ0) is 20.9. The number of hydrogen-bond acceptors (Lipinski definition) is 7. The Morgan fingerprint density at radius 1 is 1.14 bits per heavy atom. The van der Waals surface area contributed by atoms with Gasteiger partial charge in [0.25, 0.3) is 0 Å². The van der Waals surface area contributed by atoms with Gasteiger partial charge in [-0.25, -0.2) is 5.84 Å². The van der Waals surface area contributed by atoms with Crippen LogP contribution in [0.15, 0.2) is 65.3 Å². The molecule has 0 fully saturated rings. The van der Waals surface area contributed by atoms with Gasteiger partial charge >= 0.3 is 5.51 Å². The number of nitrogens with two attached hydrogens (primary N) is 2. The Balaban J connectivity index is 2.03. The lowest BCUT2D eigenvalue weighted by Crippen LogP contribution is -2.28. The molecule has 0 amide bonds. The zero-order valence-corrected chi connectivity index (χ0v) is 15.7. The smallest absolute Gasteiger partial charge is 0.419 e. The highest BCUT2D eigenvalue weighted by Crippen LogP contribution is 2.37. The normalized spacial score (nSPS) is 11.8. The molecular weight excluding hydrogens is 415 g/mol. The van der Waals surface area contributed by atoms with E-state index in [1.54, 1.807) is 18.2 Å². The minimum atomic E-state index is -4.38. The molecule has 11 heteroatoms. The summed E-state index contributed by atoms with van der Waals surface area (Å²) in [5, 5.41) is 17.1. The van der Waals surface area contributed by atoms with E-state index in [1.165, 1.54) is 30.3 Å². The van der Waals surface area contributed by atoms with Gasteiger partial charge in [0.2, 0.25) is 11.8 Å². The second kappa shape index (κ2) is 9.00. The summed E-state index contributed by atoms with van der Waals surface area (Å²) in [7, 11) is 0. The Morgan fingerprint density at radius 3 is 2.36 bits per heavy atom. The van der Waals surface area contributed by atoms with Gasteiger partial charge in [0, 0.05) is 21.7 Å². The summed E-state index contributed by atoms with van der Waals surface area (Å²) >= 11 is 5.60. The second-order valence-corrected chi connectivity index (χ2v) is 6.88. The average molecular weight is 430 g/mol. The molecule has 2 rings (SSSR count). The molecule has 2 aromatic rings. The first kappa shape index (κ1) is 21.6. The molecule has 0 saturated carbocycles. The van der Waals surface area contributed by atoms with E-state index in [4.69, 9.17) is 38.7 Å². The van der Waals surface area contributed by atoms with Gasteiger partial charge in [-0.3, -0.25) is 15.8 Å². The number of hydrogen-bond donors (Lipinski definition) is 4. The lowest BCUT2D eigenvalue weighted by Gasteiger charge is -2.16. The number of benzene rings is 2. The highest BCUT2D eigenvalue weighted by molar-refractivity contribution is 8.00. The van der Waals surface area contributed by atoms with E-state index < -0.39 is 11.4 Å². The molecule has 0 aromatic heterocycles. The zero-order valence-electron chi connectivity index (χ0n) is 14.1. The van der Waals surface area contributed by atoms with Crippen LogP contribution in [-0.4, -0.2) is 17.3 Å². The third-order valence-corrected chi connectivity index (χ3v) is 4.17. The SMILES string of the molecule is N=C(OC(=N)c1cccc(Cl)c1)/C(N)=C/N(N)c1ccc(SC(F)(F)F)cc1. The van der Waals surface area contributed by atoms with Crippen LogP contribution in [0.3, 0.4) is 0 Å². The molecule has 0 atom stereocenters. The minimum absolute atomic E-state index is 0.00708. The van der Waals surface area contributed by atoms with Gasteiger partial charge in [-0.2, -0.15) is 13.2 Å². The van der Waals surface area contributed by atoms with Crippen molar-refractivity contribution in [2.24, 2.45) is 11.6 Å². The number of alkyl halides is 3. The molecule has 0 spiro atoms. The summed E-state index contributed by atoms with van der Waals surface area (Å²) in [6.45, 7) is 0. The largest absolute Gasteiger partial charge is 0.446 e. The quantitative estimate of drug-likeness (QED) is 0.184. The van der Waals surface area contributed by atoms with Crippen molar-refractivity contribution < 1.29 is 17.9 Å². The predicted octanol–water partition coefficient (Wildman–Crippen LogP) is 4.45. The standard InChI is InChI=1S/C17H15ClF3N5OS/c18-11-3-1-2-10(8-11)15(23)27-16(24)14(22)9-26(25)12-4-6-13(7-5-12)28-17(19,20)21/h1-9,23-24H,22,25H2/b14-9-,23-15?,24-16?. The molecule has 0 radical (unpaired) electrons. The fourth-order valence-electron chi connectivity index (χ4n) is 1.95. The first-order valence-electron chi connectivity index (χ1n) is 7.53. The summed E-state index contributed by atoms with van der Waals surface area (Å²) in [6.07, 6.45) is 1.15. The Hall–Kier alpha value is -2.69. The van der Waals surface area contributed by atoms with Crippen LogP contribution in [-0.2, 0) is 4.74 Å². The van der Waals surface area contributed by atoms with Crippen molar-refractivity contribution in [3.8, 4) is 0 Å². The van der Waals surface area contributed by atoms with Crippen LogP contribution in [0.2, 0.25) is 5.02 Å². The van der Waals surface area contributed by atoms with Crippen molar-refractivity contribution in [3.63, 3.8) is 0 Å². The number of hydrazine groups is 1. The maximum Gasteiger partial charge on any atom is 0.446 e. The van der Waals surface area contributed by atoms with Gasteiger partial charge in [0.05, 0.1) is 5.69 Å². The molecule has 6 N–H and O–H groups in total. The summed E-state index contributed by atoms with van der Waals surface area (Å²) < 4.78 is 42.1. The lowest BCUT2D eigenvalue weighted by atomic mass is 10.2. The maximum atomic E-state index is 12.3. The molecule has 0 aliphatic heterocycles. The average Bonchev–Trinajstić information content (AvgIpc) is 2.60. The highest BCUT2D eigenvalue weighted by atomic mass is 35.5. The molecule has 0 heterocycles. The van der Waals surface area contributed by atoms with Gasteiger partial charge in [-0.05, 0) is 54.2 Å². The first-order valence-corrected chi connectivity index (χ1v) is 8.73. The third kappa shape index (κ3) is 6.48. The first-order chi connectivity index (χ1) is 13.0. The van der Waals surface area contributed by atoms with Crippen molar-refractivity contribution in [2.45, 2.75) is 10.4 Å². The van der Waals surface area contributed by atoms with Crippen molar-refractivity contribution >= 4 is 40.8 Å². The topological polar surface area (TPSA) is 112 Å². The number of nitrogens with one attached hydrogen (secondary N) is 2. The van der Waals surface area contributed by atoms with E-state index in [2.05, 4.69) is 0 Å². The lowest BCUT2D eigenvalue weighted by molar-refractivity contribution is -0.0328. The van der Waals surface area contributed by atoms with Crippen LogP contribution >= 0.6 is 23.4 Å². The van der Waals surface area contributed by atoms with E-state index >= 15 is 0 Å². The minimum Gasteiger partial charge on any atom is -0.419 e. The van der Waals surface area contributed by atoms with Crippen molar-refractivity contribution in [2.75, 3.05) is 5.01 Å². The van der Waals surface area contributed by atoms with Crippen LogP contribution in [0.25, 0.3) is 0 Å². The van der Waals surface area contributed by atoms with Crippen LogP contribution in [0.1, 0.15) is 5.56 Å². The maximum absolute atomic E-state index is 12.3.